The molecule has 0 bridgehead atoms. The topological polar surface area (TPSA) is 111 Å². The van der Waals surface area contributed by atoms with Crippen molar-refractivity contribution in [2.75, 3.05) is 19.5 Å². The molecular weight excluding hydrogens is 388 g/mol. The number of halogens is 1. The van der Waals surface area contributed by atoms with Crippen LogP contribution in [0.2, 0.25) is 5.02 Å². The van der Waals surface area contributed by atoms with Crippen molar-refractivity contribution in [1.29, 1.82) is 0 Å². The van der Waals surface area contributed by atoms with E-state index < -0.39 is 40.8 Å². The van der Waals surface area contributed by atoms with E-state index in [-0.39, 0.29) is 12.2 Å². The van der Waals surface area contributed by atoms with Crippen LogP contribution in [0, 0.1) is 11.8 Å². The van der Waals surface area contributed by atoms with Crippen LogP contribution in [-0.2, 0) is 34.2 Å². The summed E-state index contributed by atoms with van der Waals surface area (Å²) in [6, 6.07) is 4.80. The number of hydrogen-bond donors (Lipinski definition) is 2. The number of ketones is 1. The quantitative estimate of drug-likeness (QED) is 0.560. The molecule has 2 aliphatic heterocycles. The van der Waals surface area contributed by atoms with Gasteiger partial charge in [-0.15, -0.1) is 0 Å². The molecule has 1 aliphatic carbocycles. The van der Waals surface area contributed by atoms with Crippen LogP contribution < -0.4 is 10.6 Å². The van der Waals surface area contributed by atoms with Crippen molar-refractivity contribution in [3.05, 3.63) is 28.8 Å². The highest BCUT2D eigenvalue weighted by Crippen LogP contribution is 2.56. The fourth-order valence-corrected chi connectivity index (χ4v) is 5.26. The van der Waals surface area contributed by atoms with E-state index in [0.717, 1.165) is 14.2 Å². The summed E-state index contributed by atoms with van der Waals surface area (Å²) < 4.78 is 9.85. The van der Waals surface area contributed by atoms with E-state index in [1.807, 2.05) is 0 Å². The molecule has 1 amide bonds. The van der Waals surface area contributed by atoms with Crippen molar-refractivity contribution < 1.29 is 28.7 Å². The molecule has 0 aromatic heterocycles. The lowest BCUT2D eigenvalue weighted by Gasteiger charge is -2.34. The number of esters is 2. The number of ether oxygens (including phenoxy) is 2. The number of nitrogens with one attached hydrogen (secondary N) is 2. The van der Waals surface area contributed by atoms with Crippen LogP contribution in [0.5, 0.6) is 0 Å². The predicted molar refractivity (Wildman–Crippen MR) is 97.5 cm³/mol. The van der Waals surface area contributed by atoms with Crippen molar-refractivity contribution >= 4 is 40.9 Å². The monoisotopic (exact) mass is 406 g/mol. The zero-order chi connectivity index (χ0) is 20.3. The number of methoxy groups -OCH3 is 2. The average Bonchev–Trinajstić information content (AvgIpc) is 3.15. The second-order valence-corrected chi connectivity index (χ2v) is 7.75. The maximum atomic E-state index is 13.2. The van der Waals surface area contributed by atoms with Crippen LogP contribution in [0.1, 0.15) is 24.8 Å². The Labute approximate surface area is 165 Å². The molecule has 2 heterocycles. The third-order valence-corrected chi connectivity index (χ3v) is 6.37. The lowest BCUT2D eigenvalue weighted by atomic mass is 9.65. The minimum Gasteiger partial charge on any atom is -0.467 e. The van der Waals surface area contributed by atoms with Gasteiger partial charge in [-0.05, 0) is 25.0 Å². The number of benzene rings is 1. The van der Waals surface area contributed by atoms with Crippen molar-refractivity contribution in [1.82, 2.24) is 5.32 Å². The molecule has 4 rings (SSSR count). The highest BCUT2D eigenvalue weighted by atomic mass is 35.5. The molecule has 9 heteroatoms. The molecule has 3 aliphatic rings. The van der Waals surface area contributed by atoms with E-state index in [0.29, 0.717) is 29.1 Å². The number of carbonyl (C=O) groups excluding carboxylic acids is 4. The van der Waals surface area contributed by atoms with E-state index in [1.54, 1.807) is 18.2 Å². The second kappa shape index (κ2) is 6.28. The maximum Gasteiger partial charge on any atom is 0.338 e. The summed E-state index contributed by atoms with van der Waals surface area (Å²) in [5.74, 6) is -4.14. The number of rotatable bonds is 2. The van der Waals surface area contributed by atoms with E-state index in [2.05, 4.69) is 10.6 Å². The van der Waals surface area contributed by atoms with Crippen LogP contribution in [0.4, 0.5) is 5.69 Å². The van der Waals surface area contributed by atoms with Crippen LogP contribution in [0.15, 0.2) is 18.2 Å². The number of amides is 1. The highest BCUT2D eigenvalue weighted by molar-refractivity contribution is 6.31. The highest BCUT2D eigenvalue weighted by Gasteiger charge is 2.75. The van der Waals surface area contributed by atoms with Crippen molar-refractivity contribution in [2.24, 2.45) is 11.8 Å². The predicted octanol–water partition coefficient (Wildman–Crippen LogP) is 1.16. The Balaban J connectivity index is 2.00. The molecule has 0 unspecified atom stereocenters. The van der Waals surface area contributed by atoms with Crippen molar-refractivity contribution in [3.8, 4) is 0 Å². The Kier molecular flexibility index (Phi) is 4.24. The molecule has 2 N–H and O–H groups in total. The van der Waals surface area contributed by atoms with Crippen LogP contribution in [-0.4, -0.2) is 43.4 Å². The smallest absolute Gasteiger partial charge is 0.338 e. The molecule has 8 nitrogen and oxygen atoms in total. The largest absolute Gasteiger partial charge is 0.467 e. The summed E-state index contributed by atoms with van der Waals surface area (Å²) in [6.07, 6.45) is 1.16. The minimum atomic E-state index is -1.96. The molecule has 2 fully saturated rings. The zero-order valence-corrected chi connectivity index (χ0v) is 16.1. The number of anilines is 1. The van der Waals surface area contributed by atoms with Crippen molar-refractivity contribution in [2.45, 2.75) is 30.3 Å². The Morgan fingerprint density at radius 2 is 1.86 bits per heavy atom. The van der Waals surface area contributed by atoms with Gasteiger partial charge in [-0.3, -0.25) is 14.9 Å². The van der Waals surface area contributed by atoms with Crippen LogP contribution in [0.25, 0.3) is 0 Å². The number of carbonyl (C=O) groups is 4. The molecule has 3 atom stereocenters. The number of Topliss-reactive ketones (excluding diaryl/α,β-unsaturated/α-hetero) is 1. The Morgan fingerprint density at radius 1 is 1.18 bits per heavy atom. The third-order valence-electron chi connectivity index (χ3n) is 6.13. The lowest BCUT2D eigenvalue weighted by Crippen LogP contribution is -2.63. The molecule has 1 saturated heterocycles. The summed E-state index contributed by atoms with van der Waals surface area (Å²) in [5, 5.41) is 6.10. The standard InChI is InChI=1S/C19H19ClN2O6/c1-27-16(25)19(17(26)28-2)11-4-3-5-13(23)14(11)18(22-19)10-7-6-9(20)8-12(10)21-15(18)24/h6-8,11,14,22H,3-5H2,1-2H3,(H,21,24)/t11-,14-,18+/m1/s1. The van der Waals surface area contributed by atoms with Gasteiger partial charge in [0.1, 0.15) is 11.3 Å². The van der Waals surface area contributed by atoms with E-state index in [9.17, 15) is 19.2 Å². The minimum absolute atomic E-state index is 0.184. The van der Waals surface area contributed by atoms with E-state index >= 15 is 0 Å². The van der Waals surface area contributed by atoms with Gasteiger partial charge in [-0.1, -0.05) is 17.7 Å². The van der Waals surface area contributed by atoms with Gasteiger partial charge in [0.15, 0.2) is 0 Å². The summed E-state index contributed by atoms with van der Waals surface area (Å²) in [7, 11) is 2.31. The maximum absolute atomic E-state index is 13.2. The first-order valence-electron chi connectivity index (χ1n) is 8.93. The first kappa shape index (κ1) is 18.9. The van der Waals surface area contributed by atoms with Crippen LogP contribution >= 0.6 is 11.6 Å². The normalized spacial score (nSPS) is 29.8. The van der Waals surface area contributed by atoms with Gasteiger partial charge in [0.2, 0.25) is 11.4 Å². The fourth-order valence-electron chi connectivity index (χ4n) is 5.08. The molecule has 28 heavy (non-hydrogen) atoms. The van der Waals surface area contributed by atoms with Gasteiger partial charge in [-0.2, -0.15) is 0 Å². The average molecular weight is 407 g/mol. The van der Waals surface area contributed by atoms with Crippen molar-refractivity contribution in [3.63, 3.8) is 0 Å². The van der Waals surface area contributed by atoms with Gasteiger partial charge < -0.3 is 14.8 Å². The summed E-state index contributed by atoms with van der Waals surface area (Å²) in [4.78, 5) is 51.9. The first-order valence-corrected chi connectivity index (χ1v) is 9.31. The molecule has 0 radical (unpaired) electrons. The van der Waals surface area contributed by atoms with Gasteiger partial charge >= 0.3 is 11.9 Å². The molecular formula is C19H19ClN2O6. The Bertz CT molecular complexity index is 900. The Hall–Kier alpha value is -2.45. The summed E-state index contributed by atoms with van der Waals surface area (Å²) in [6.45, 7) is 0. The number of fused-ring (bicyclic) bond motifs is 4. The van der Waals surface area contributed by atoms with Gasteiger partial charge in [0.05, 0.1) is 20.1 Å². The zero-order valence-electron chi connectivity index (χ0n) is 15.3. The molecule has 148 valence electrons. The van der Waals surface area contributed by atoms with Crippen LogP contribution in [0.3, 0.4) is 0 Å². The molecule has 1 aromatic carbocycles. The first-order chi connectivity index (χ1) is 13.3. The van der Waals surface area contributed by atoms with Gasteiger partial charge in [0.25, 0.3) is 0 Å². The molecule has 1 spiro atoms. The van der Waals surface area contributed by atoms with E-state index in [4.69, 9.17) is 21.1 Å². The molecule has 1 aromatic rings. The SMILES string of the molecule is COC(=O)C1(C(=O)OC)N[C@]2(C(=O)Nc3cc(Cl)ccc32)[C@H]2C(=O)CCC[C@H]21. The summed E-state index contributed by atoms with van der Waals surface area (Å²) in [5.41, 5.74) is -2.62. The molecule has 1 saturated carbocycles. The third kappa shape index (κ3) is 2.15. The van der Waals surface area contributed by atoms with Gasteiger partial charge in [-0.25, -0.2) is 9.59 Å². The Morgan fingerprint density at radius 3 is 2.50 bits per heavy atom. The van der Waals surface area contributed by atoms with Gasteiger partial charge in [0, 0.05) is 28.6 Å². The second-order valence-electron chi connectivity index (χ2n) is 7.31. The lowest BCUT2D eigenvalue weighted by molar-refractivity contribution is -0.166. The fraction of sp³-hybridized carbons (Fsp3) is 0.474. The number of hydrogen-bond acceptors (Lipinski definition) is 7. The summed E-state index contributed by atoms with van der Waals surface area (Å²) >= 11 is 6.05. The van der Waals surface area contributed by atoms with E-state index in [1.165, 1.54) is 0 Å².